The molecule has 0 bridgehead atoms. The van der Waals surface area contributed by atoms with Crippen LogP contribution in [0.3, 0.4) is 0 Å². The van der Waals surface area contributed by atoms with Crippen LogP contribution in [-0.4, -0.2) is 53.6 Å². The number of rotatable bonds is 0. The van der Waals surface area contributed by atoms with Gasteiger partial charge in [-0.05, 0) is 21.1 Å². The molecule has 0 atom stereocenters. The average Bonchev–Trinajstić information content (AvgIpc) is 2.13. The second-order valence-corrected chi connectivity index (χ2v) is 6.86. The van der Waals surface area contributed by atoms with E-state index in [2.05, 4.69) is 4.98 Å². The van der Waals surface area contributed by atoms with Crippen LogP contribution in [0.2, 0.25) is 0 Å². The van der Waals surface area contributed by atoms with E-state index in [-0.39, 0.29) is 0 Å². The number of hydrogen-bond donors (Lipinski definition) is 0. The number of nitrogens with zero attached hydrogens (tertiary/aromatic N) is 2. The molecule has 4 heteroatoms. The summed E-state index contributed by atoms with van der Waals surface area (Å²) in [6.07, 6.45) is 1.95. The summed E-state index contributed by atoms with van der Waals surface area (Å²) in [6, 6.07) is 0. The Morgan fingerprint density at radius 1 is 1.45 bits per heavy atom. The first kappa shape index (κ1) is 11.4. The van der Waals surface area contributed by atoms with E-state index in [0.717, 1.165) is 0 Å². The van der Waals surface area contributed by atoms with Crippen LogP contribution in [0.15, 0.2) is 6.20 Å². The van der Waals surface area contributed by atoms with Crippen molar-refractivity contribution in [1.82, 2.24) is 9.88 Å². The van der Waals surface area contributed by atoms with Gasteiger partial charge in [0.1, 0.15) is 0 Å². The van der Waals surface area contributed by atoms with Gasteiger partial charge in [0.15, 0.2) is 0 Å². The van der Waals surface area contributed by atoms with Gasteiger partial charge in [-0.1, -0.05) is 0 Å². The van der Waals surface area contributed by atoms with Gasteiger partial charge >= 0.3 is 59.9 Å². The van der Waals surface area contributed by atoms with E-state index in [9.17, 15) is 0 Å². The van der Waals surface area contributed by atoms with Gasteiger partial charge < -0.3 is 4.90 Å². The SMILES string of the molecule is CN(C)C.Cc1nc[c]([SnH])s1. The first-order chi connectivity index (χ1) is 5.02. The first-order valence-corrected chi connectivity index (χ1v) is 5.77. The zero-order valence-corrected chi connectivity index (χ0v) is 11.6. The summed E-state index contributed by atoms with van der Waals surface area (Å²) in [6.45, 7) is 2.03. The van der Waals surface area contributed by atoms with Crippen LogP contribution in [0.1, 0.15) is 5.01 Å². The van der Waals surface area contributed by atoms with Gasteiger partial charge in [-0.2, -0.15) is 0 Å². The Bertz CT molecular complexity index is 179. The molecule has 1 rings (SSSR count). The molecular weight excluding hydrogens is 263 g/mol. The molecule has 2 nitrogen and oxygen atoms in total. The third kappa shape index (κ3) is 8.29. The quantitative estimate of drug-likeness (QED) is 0.628. The van der Waals surface area contributed by atoms with Crippen molar-refractivity contribution in [2.45, 2.75) is 6.92 Å². The van der Waals surface area contributed by atoms with E-state index in [4.69, 9.17) is 0 Å². The maximum absolute atomic E-state index is 4.07. The molecule has 2 radical (unpaired) electrons. The molecular formula is C7H14N2SSn. The summed E-state index contributed by atoms with van der Waals surface area (Å²) in [5.41, 5.74) is 0. The molecule has 0 N–H and O–H groups in total. The standard InChI is InChI=1S/C4H4NS.C3H9N.Sn.H/c1-4-5-2-3-6-4;1-4(2)3;;/h2H,1H3;1-3H3;;. The predicted molar refractivity (Wildman–Crippen MR) is 53.2 cm³/mol. The van der Waals surface area contributed by atoms with Crippen molar-refractivity contribution in [3.8, 4) is 0 Å². The van der Waals surface area contributed by atoms with Crippen molar-refractivity contribution in [3.05, 3.63) is 11.2 Å². The van der Waals surface area contributed by atoms with E-state index in [1.807, 2.05) is 39.2 Å². The fraction of sp³-hybridized carbons (Fsp3) is 0.571. The summed E-state index contributed by atoms with van der Waals surface area (Å²) < 4.78 is 1.42. The van der Waals surface area contributed by atoms with Gasteiger partial charge in [0.05, 0.1) is 0 Å². The van der Waals surface area contributed by atoms with Gasteiger partial charge in [-0.3, -0.25) is 0 Å². The molecule has 11 heavy (non-hydrogen) atoms. The minimum atomic E-state index is 1.18. The molecule has 0 aliphatic rings. The number of aryl methyl sites for hydroxylation is 1. The van der Waals surface area contributed by atoms with E-state index in [1.54, 1.807) is 11.3 Å². The Labute approximate surface area is 85.7 Å². The van der Waals surface area contributed by atoms with Gasteiger partial charge in [0.2, 0.25) is 0 Å². The molecule has 0 aliphatic carbocycles. The second kappa shape index (κ2) is 5.97. The zero-order valence-electron chi connectivity index (χ0n) is 7.46. The van der Waals surface area contributed by atoms with Crippen molar-refractivity contribution >= 4 is 36.8 Å². The third-order valence-corrected chi connectivity index (χ3v) is 2.82. The summed E-state index contributed by atoms with van der Waals surface area (Å²) in [7, 11) is 6.00. The fourth-order valence-electron chi connectivity index (χ4n) is 0.378. The monoisotopic (exact) mass is 278 g/mol. The number of thiazole rings is 1. The van der Waals surface area contributed by atoms with Crippen LogP contribution in [0, 0.1) is 6.92 Å². The second-order valence-electron chi connectivity index (χ2n) is 2.62. The maximum atomic E-state index is 4.07. The van der Waals surface area contributed by atoms with E-state index in [0.29, 0.717) is 0 Å². The molecule has 0 aliphatic heterocycles. The molecule has 62 valence electrons. The molecule has 0 saturated heterocycles. The Kier molecular flexibility index (Phi) is 6.18. The number of hydrogen-bond acceptors (Lipinski definition) is 3. The van der Waals surface area contributed by atoms with Crippen molar-refractivity contribution in [3.63, 3.8) is 0 Å². The van der Waals surface area contributed by atoms with Crippen LogP contribution < -0.4 is 2.89 Å². The van der Waals surface area contributed by atoms with E-state index in [1.165, 1.54) is 30.4 Å². The van der Waals surface area contributed by atoms with Gasteiger partial charge in [0, 0.05) is 0 Å². The van der Waals surface area contributed by atoms with Crippen LogP contribution in [0.5, 0.6) is 0 Å². The molecule has 0 amide bonds. The van der Waals surface area contributed by atoms with Gasteiger partial charge in [-0.25, -0.2) is 0 Å². The first-order valence-electron chi connectivity index (χ1n) is 3.31. The molecule has 1 aromatic rings. The number of aromatic nitrogens is 1. The Morgan fingerprint density at radius 3 is 2.00 bits per heavy atom. The Hall–Kier alpha value is 0.389. The average molecular weight is 277 g/mol. The summed E-state index contributed by atoms with van der Waals surface area (Å²) in [5, 5.41) is 1.18. The summed E-state index contributed by atoms with van der Waals surface area (Å²) >= 11 is 3.00. The normalized spacial score (nSPS) is 9.27. The van der Waals surface area contributed by atoms with Gasteiger partial charge in [0.25, 0.3) is 0 Å². The van der Waals surface area contributed by atoms with Crippen molar-refractivity contribution < 1.29 is 0 Å². The fourth-order valence-corrected chi connectivity index (χ4v) is 2.60. The third-order valence-electron chi connectivity index (χ3n) is 0.639. The van der Waals surface area contributed by atoms with E-state index < -0.39 is 0 Å². The van der Waals surface area contributed by atoms with Crippen LogP contribution >= 0.6 is 11.3 Å². The molecule has 0 unspecified atom stereocenters. The van der Waals surface area contributed by atoms with Crippen molar-refractivity contribution in [2.75, 3.05) is 21.1 Å². The summed E-state index contributed by atoms with van der Waals surface area (Å²) in [4.78, 5) is 6.07. The van der Waals surface area contributed by atoms with Crippen LogP contribution in [-0.2, 0) is 0 Å². The molecule has 0 aromatic carbocycles. The molecule has 1 aromatic heterocycles. The predicted octanol–water partition coefficient (Wildman–Crippen LogP) is 0.155. The minimum absolute atomic E-state index is 1.18. The van der Waals surface area contributed by atoms with Crippen molar-refractivity contribution in [1.29, 1.82) is 0 Å². The Balaban J connectivity index is 0.000000218. The molecule has 0 saturated carbocycles. The molecule has 0 spiro atoms. The Morgan fingerprint density at radius 2 is 1.91 bits per heavy atom. The molecule has 0 fully saturated rings. The summed E-state index contributed by atoms with van der Waals surface area (Å²) in [5.74, 6) is 0. The van der Waals surface area contributed by atoms with Crippen LogP contribution in [0.25, 0.3) is 0 Å². The zero-order chi connectivity index (χ0) is 8.85. The topological polar surface area (TPSA) is 16.1 Å². The molecule has 1 heterocycles. The van der Waals surface area contributed by atoms with Gasteiger partial charge in [-0.15, -0.1) is 0 Å². The van der Waals surface area contributed by atoms with E-state index >= 15 is 0 Å². The van der Waals surface area contributed by atoms with Crippen molar-refractivity contribution in [2.24, 2.45) is 0 Å². The van der Waals surface area contributed by atoms with Crippen LogP contribution in [0.4, 0.5) is 0 Å².